The van der Waals surface area contributed by atoms with E-state index in [0.29, 0.717) is 11.6 Å². The fourth-order valence-corrected chi connectivity index (χ4v) is 2.80. The van der Waals surface area contributed by atoms with E-state index in [-0.39, 0.29) is 12.3 Å². The van der Waals surface area contributed by atoms with Gasteiger partial charge in [-0.15, -0.1) is 10.2 Å². The molecule has 25 heavy (non-hydrogen) atoms. The predicted octanol–water partition coefficient (Wildman–Crippen LogP) is 4.47. The minimum atomic E-state index is -0.133. The van der Waals surface area contributed by atoms with Crippen molar-refractivity contribution in [2.45, 2.75) is 13.3 Å². The summed E-state index contributed by atoms with van der Waals surface area (Å²) in [5.74, 6) is 0.914. The van der Waals surface area contributed by atoms with Gasteiger partial charge in [0.2, 0.25) is 5.91 Å². The zero-order valence-electron chi connectivity index (χ0n) is 13.7. The summed E-state index contributed by atoms with van der Waals surface area (Å²) >= 11 is 3.40. The molecule has 1 amide bonds. The third kappa shape index (κ3) is 5.12. The highest BCUT2D eigenvalue weighted by molar-refractivity contribution is 9.10. The molecule has 0 atom stereocenters. The third-order valence-corrected chi connectivity index (χ3v) is 3.97. The van der Waals surface area contributed by atoms with Crippen LogP contribution in [-0.4, -0.2) is 16.1 Å². The number of benzene rings is 2. The van der Waals surface area contributed by atoms with Gasteiger partial charge in [0.15, 0.2) is 11.6 Å². The van der Waals surface area contributed by atoms with Crippen molar-refractivity contribution in [1.29, 1.82) is 0 Å². The number of nitrogens with one attached hydrogen (secondary N) is 2. The van der Waals surface area contributed by atoms with Crippen LogP contribution in [0, 0.1) is 6.92 Å². The highest BCUT2D eigenvalue weighted by Gasteiger charge is 2.06. The molecule has 5 nitrogen and oxygen atoms in total. The molecular formula is C19H17BrN4O. The summed E-state index contributed by atoms with van der Waals surface area (Å²) in [4.78, 5) is 12.1. The van der Waals surface area contributed by atoms with Crippen molar-refractivity contribution in [2.75, 3.05) is 10.6 Å². The molecule has 3 rings (SSSR count). The molecule has 0 aliphatic heterocycles. The summed E-state index contributed by atoms with van der Waals surface area (Å²) in [6.07, 6.45) is 0.282. The van der Waals surface area contributed by atoms with E-state index in [0.717, 1.165) is 21.3 Å². The van der Waals surface area contributed by atoms with Crippen LogP contribution >= 0.6 is 15.9 Å². The maximum atomic E-state index is 12.1. The number of halogens is 1. The first-order valence-electron chi connectivity index (χ1n) is 7.80. The molecule has 0 unspecified atom stereocenters. The SMILES string of the molecule is Cc1cccc(Nc2ccc(NC(=O)Cc3cccc(Br)c3)nn2)c1. The quantitative estimate of drug-likeness (QED) is 0.667. The summed E-state index contributed by atoms with van der Waals surface area (Å²) in [6.45, 7) is 2.03. The van der Waals surface area contributed by atoms with Gasteiger partial charge in [-0.1, -0.05) is 40.2 Å². The van der Waals surface area contributed by atoms with E-state index in [4.69, 9.17) is 0 Å². The molecule has 2 aromatic carbocycles. The molecule has 6 heteroatoms. The predicted molar refractivity (Wildman–Crippen MR) is 103 cm³/mol. The summed E-state index contributed by atoms with van der Waals surface area (Å²) in [7, 11) is 0. The van der Waals surface area contributed by atoms with Crippen LogP contribution in [0.15, 0.2) is 65.1 Å². The molecule has 126 valence electrons. The average molecular weight is 397 g/mol. The number of nitrogens with zero attached hydrogens (tertiary/aromatic N) is 2. The Morgan fingerprint density at radius 2 is 1.76 bits per heavy atom. The van der Waals surface area contributed by atoms with Crippen LogP contribution in [0.25, 0.3) is 0 Å². The van der Waals surface area contributed by atoms with Crippen LogP contribution in [-0.2, 0) is 11.2 Å². The number of aromatic nitrogens is 2. The lowest BCUT2D eigenvalue weighted by Gasteiger charge is -2.07. The van der Waals surface area contributed by atoms with Gasteiger partial charge in [-0.3, -0.25) is 4.79 Å². The second kappa shape index (κ2) is 7.90. The van der Waals surface area contributed by atoms with Gasteiger partial charge in [0.1, 0.15) is 0 Å². The maximum Gasteiger partial charge on any atom is 0.229 e. The largest absolute Gasteiger partial charge is 0.339 e. The van der Waals surface area contributed by atoms with Crippen LogP contribution in [0.4, 0.5) is 17.3 Å². The molecule has 0 saturated carbocycles. The van der Waals surface area contributed by atoms with Crippen molar-refractivity contribution in [3.8, 4) is 0 Å². The minimum Gasteiger partial charge on any atom is -0.339 e. The standard InChI is InChI=1S/C19H17BrN4O/c1-13-4-2-7-16(10-13)21-17-8-9-18(24-23-17)22-19(25)12-14-5-3-6-15(20)11-14/h2-11H,12H2,1H3,(H,21,23)(H,22,24,25). The van der Waals surface area contributed by atoms with E-state index in [1.54, 1.807) is 12.1 Å². The van der Waals surface area contributed by atoms with Gasteiger partial charge in [-0.05, 0) is 54.4 Å². The van der Waals surface area contributed by atoms with E-state index in [2.05, 4.69) is 36.8 Å². The Kier molecular flexibility index (Phi) is 5.40. The van der Waals surface area contributed by atoms with Gasteiger partial charge in [0.25, 0.3) is 0 Å². The van der Waals surface area contributed by atoms with Crippen molar-refractivity contribution in [2.24, 2.45) is 0 Å². The maximum absolute atomic E-state index is 12.1. The van der Waals surface area contributed by atoms with Crippen LogP contribution in [0.1, 0.15) is 11.1 Å². The first-order valence-corrected chi connectivity index (χ1v) is 8.59. The van der Waals surface area contributed by atoms with E-state index in [9.17, 15) is 4.79 Å². The van der Waals surface area contributed by atoms with Gasteiger partial charge < -0.3 is 10.6 Å². The van der Waals surface area contributed by atoms with Crippen LogP contribution in [0.5, 0.6) is 0 Å². The Bertz CT molecular complexity index is 881. The van der Waals surface area contributed by atoms with Gasteiger partial charge in [-0.25, -0.2) is 0 Å². The number of hydrogen-bond donors (Lipinski definition) is 2. The number of carbonyl (C=O) groups is 1. The molecule has 0 spiro atoms. The molecule has 0 fully saturated rings. The first kappa shape index (κ1) is 17.1. The van der Waals surface area contributed by atoms with Gasteiger partial charge in [-0.2, -0.15) is 0 Å². The molecule has 1 aromatic heterocycles. The Hall–Kier alpha value is -2.73. The van der Waals surface area contributed by atoms with Crippen molar-refractivity contribution in [1.82, 2.24) is 10.2 Å². The lowest BCUT2D eigenvalue weighted by Crippen LogP contribution is -2.15. The molecule has 0 saturated heterocycles. The number of anilines is 3. The highest BCUT2D eigenvalue weighted by Crippen LogP contribution is 2.16. The zero-order chi connectivity index (χ0) is 17.6. The minimum absolute atomic E-state index is 0.133. The fraction of sp³-hybridized carbons (Fsp3) is 0.105. The number of hydrogen-bond acceptors (Lipinski definition) is 4. The zero-order valence-corrected chi connectivity index (χ0v) is 15.2. The molecule has 0 radical (unpaired) electrons. The second-order valence-electron chi connectivity index (χ2n) is 5.65. The molecule has 0 bridgehead atoms. The molecule has 3 aromatic rings. The topological polar surface area (TPSA) is 66.9 Å². The van der Waals surface area contributed by atoms with Crippen LogP contribution < -0.4 is 10.6 Å². The summed E-state index contributed by atoms with van der Waals surface area (Å²) in [5.41, 5.74) is 3.03. The van der Waals surface area contributed by atoms with Crippen LogP contribution in [0.3, 0.4) is 0 Å². The second-order valence-corrected chi connectivity index (χ2v) is 6.57. The average Bonchev–Trinajstić information content (AvgIpc) is 2.57. The molecular weight excluding hydrogens is 380 g/mol. The number of carbonyl (C=O) groups excluding carboxylic acids is 1. The lowest BCUT2D eigenvalue weighted by atomic mass is 10.1. The summed E-state index contributed by atoms with van der Waals surface area (Å²) in [6, 6.07) is 19.1. The van der Waals surface area contributed by atoms with E-state index < -0.39 is 0 Å². The lowest BCUT2D eigenvalue weighted by molar-refractivity contribution is -0.115. The number of amides is 1. The van der Waals surface area contributed by atoms with Crippen molar-refractivity contribution in [3.05, 3.63) is 76.3 Å². The fourth-order valence-electron chi connectivity index (χ4n) is 2.36. The molecule has 1 heterocycles. The molecule has 2 N–H and O–H groups in total. The highest BCUT2D eigenvalue weighted by atomic mass is 79.9. The van der Waals surface area contributed by atoms with E-state index >= 15 is 0 Å². The third-order valence-electron chi connectivity index (χ3n) is 3.48. The van der Waals surface area contributed by atoms with E-state index in [1.165, 1.54) is 0 Å². The smallest absolute Gasteiger partial charge is 0.229 e. The normalized spacial score (nSPS) is 10.3. The Balaban J connectivity index is 1.59. The van der Waals surface area contributed by atoms with Gasteiger partial charge in [0.05, 0.1) is 6.42 Å². The van der Waals surface area contributed by atoms with Crippen molar-refractivity contribution in [3.63, 3.8) is 0 Å². The first-order chi connectivity index (χ1) is 12.1. The number of aryl methyl sites for hydroxylation is 1. The van der Waals surface area contributed by atoms with Crippen molar-refractivity contribution >= 4 is 39.2 Å². The van der Waals surface area contributed by atoms with Gasteiger partial charge >= 0.3 is 0 Å². The molecule has 0 aliphatic carbocycles. The summed E-state index contributed by atoms with van der Waals surface area (Å²) < 4.78 is 0.948. The van der Waals surface area contributed by atoms with E-state index in [1.807, 2.05) is 55.5 Å². The Labute approximate surface area is 154 Å². The summed E-state index contributed by atoms with van der Waals surface area (Å²) in [5, 5.41) is 14.1. The Morgan fingerprint density at radius 3 is 2.48 bits per heavy atom. The monoisotopic (exact) mass is 396 g/mol. The molecule has 0 aliphatic rings. The van der Waals surface area contributed by atoms with Gasteiger partial charge in [0, 0.05) is 10.2 Å². The van der Waals surface area contributed by atoms with Crippen molar-refractivity contribution < 1.29 is 4.79 Å². The number of rotatable bonds is 5. The van der Waals surface area contributed by atoms with Crippen LogP contribution in [0.2, 0.25) is 0 Å². The Morgan fingerprint density at radius 1 is 1.00 bits per heavy atom.